The maximum atomic E-state index is 11.7. The van der Waals surface area contributed by atoms with Gasteiger partial charge < -0.3 is 9.72 Å². The zero-order valence-corrected chi connectivity index (χ0v) is 15.1. The van der Waals surface area contributed by atoms with Crippen molar-refractivity contribution in [2.24, 2.45) is 0 Å². The molecule has 1 heterocycles. The zero-order valence-electron chi connectivity index (χ0n) is 13.5. The first kappa shape index (κ1) is 17.1. The number of nitrogens with one attached hydrogen (secondary N) is 1. The van der Waals surface area contributed by atoms with Gasteiger partial charge in [-0.1, -0.05) is 39.2 Å². The predicted octanol–water partition coefficient (Wildman–Crippen LogP) is 5.79. The lowest BCUT2D eigenvalue weighted by Gasteiger charge is -2.15. The number of aromatic nitrogens is 1. The van der Waals surface area contributed by atoms with Gasteiger partial charge in [0.2, 0.25) is 0 Å². The van der Waals surface area contributed by atoms with E-state index in [0.717, 1.165) is 16.5 Å². The van der Waals surface area contributed by atoms with Gasteiger partial charge in [-0.25, -0.2) is 4.79 Å². The van der Waals surface area contributed by atoms with E-state index in [2.05, 4.69) is 34.8 Å². The third-order valence-corrected chi connectivity index (χ3v) is 4.89. The van der Waals surface area contributed by atoms with E-state index >= 15 is 0 Å². The number of ether oxygens (including phenoxy) is 1. The molecular formula is C18H24BrNO2. The van der Waals surface area contributed by atoms with Crippen molar-refractivity contribution in [2.75, 3.05) is 7.11 Å². The monoisotopic (exact) mass is 365 g/mol. The Bertz CT molecular complexity index is 648. The van der Waals surface area contributed by atoms with Crippen molar-refractivity contribution in [1.29, 1.82) is 0 Å². The first-order valence-corrected chi connectivity index (χ1v) is 8.81. The quantitative estimate of drug-likeness (QED) is 0.498. The van der Waals surface area contributed by atoms with Crippen LogP contribution in [0.5, 0.6) is 0 Å². The highest BCUT2D eigenvalue weighted by atomic mass is 79.9. The summed E-state index contributed by atoms with van der Waals surface area (Å²) in [6.07, 6.45) is 6.11. The highest BCUT2D eigenvalue weighted by Gasteiger charge is 2.19. The summed E-state index contributed by atoms with van der Waals surface area (Å²) in [6.45, 7) is 4.47. The molecule has 0 aliphatic heterocycles. The van der Waals surface area contributed by atoms with Crippen molar-refractivity contribution in [2.45, 2.75) is 51.9 Å². The van der Waals surface area contributed by atoms with Gasteiger partial charge in [-0.3, -0.25) is 0 Å². The van der Waals surface area contributed by atoms with Crippen molar-refractivity contribution in [1.82, 2.24) is 4.98 Å². The normalized spacial score (nSPS) is 12.5. The van der Waals surface area contributed by atoms with Crippen molar-refractivity contribution in [3.63, 3.8) is 0 Å². The number of hydrogen-bond donors (Lipinski definition) is 1. The summed E-state index contributed by atoms with van der Waals surface area (Å²) < 4.78 is 5.83. The van der Waals surface area contributed by atoms with E-state index in [1.807, 2.05) is 18.2 Å². The number of aromatic amines is 1. The standard InChI is InChI=1S/C18H24BrNO2/c1-4-6-7-8-12(5-2)16-14-10-9-13(18(21)22-3)11-15(14)20-17(16)19/h9-12,20H,4-8H2,1-3H3. The first-order valence-electron chi connectivity index (χ1n) is 8.01. The van der Waals surface area contributed by atoms with Crippen LogP contribution in [0.2, 0.25) is 0 Å². The van der Waals surface area contributed by atoms with Gasteiger partial charge in [0.25, 0.3) is 0 Å². The molecule has 3 nitrogen and oxygen atoms in total. The molecule has 1 N–H and O–H groups in total. The van der Waals surface area contributed by atoms with Crippen LogP contribution >= 0.6 is 15.9 Å². The summed E-state index contributed by atoms with van der Waals surface area (Å²) >= 11 is 3.67. The number of hydrogen-bond acceptors (Lipinski definition) is 2. The Morgan fingerprint density at radius 3 is 2.73 bits per heavy atom. The molecule has 1 aromatic heterocycles. The van der Waals surface area contributed by atoms with Gasteiger partial charge in [0, 0.05) is 10.9 Å². The number of rotatable bonds is 7. The zero-order chi connectivity index (χ0) is 16.1. The van der Waals surface area contributed by atoms with Crippen LogP contribution in [0.25, 0.3) is 10.9 Å². The lowest BCUT2D eigenvalue weighted by Crippen LogP contribution is -2.01. The van der Waals surface area contributed by atoms with E-state index in [1.54, 1.807) is 0 Å². The number of esters is 1. The molecule has 1 unspecified atom stereocenters. The molecule has 0 saturated carbocycles. The minimum Gasteiger partial charge on any atom is -0.465 e. The number of carbonyl (C=O) groups excluding carboxylic acids is 1. The highest BCUT2D eigenvalue weighted by molar-refractivity contribution is 9.10. The van der Waals surface area contributed by atoms with Crippen LogP contribution < -0.4 is 0 Å². The SMILES string of the molecule is CCCCCC(CC)c1c(Br)[nH]c2cc(C(=O)OC)ccc12. The second kappa shape index (κ2) is 7.82. The Balaban J connectivity index is 2.36. The third kappa shape index (κ3) is 3.54. The van der Waals surface area contributed by atoms with Crippen molar-refractivity contribution < 1.29 is 9.53 Å². The maximum Gasteiger partial charge on any atom is 0.337 e. The van der Waals surface area contributed by atoms with Crippen LogP contribution in [0, 0.1) is 0 Å². The summed E-state index contributed by atoms with van der Waals surface area (Å²) in [5.74, 6) is 0.239. The average Bonchev–Trinajstić information content (AvgIpc) is 2.86. The van der Waals surface area contributed by atoms with Gasteiger partial charge >= 0.3 is 5.97 Å². The summed E-state index contributed by atoms with van der Waals surface area (Å²) in [6, 6.07) is 5.74. The predicted molar refractivity (Wildman–Crippen MR) is 94.5 cm³/mol. The van der Waals surface area contributed by atoms with Gasteiger partial charge in [-0.2, -0.15) is 0 Å². The molecule has 2 aromatic rings. The molecule has 0 radical (unpaired) electrons. The van der Waals surface area contributed by atoms with Gasteiger partial charge in [-0.05, 0) is 52.4 Å². The molecule has 0 saturated heterocycles. The van der Waals surface area contributed by atoms with Crippen molar-refractivity contribution >= 4 is 32.8 Å². The topological polar surface area (TPSA) is 42.1 Å². The van der Waals surface area contributed by atoms with E-state index in [1.165, 1.54) is 43.7 Å². The van der Waals surface area contributed by atoms with Gasteiger partial charge in [0.05, 0.1) is 17.3 Å². The molecule has 0 bridgehead atoms. The number of benzene rings is 1. The second-order valence-corrected chi connectivity index (χ2v) is 6.50. The summed E-state index contributed by atoms with van der Waals surface area (Å²) in [5, 5.41) is 1.20. The fourth-order valence-corrected chi connectivity index (χ4v) is 3.77. The molecule has 0 fully saturated rings. The molecule has 0 spiro atoms. The maximum absolute atomic E-state index is 11.7. The molecule has 1 atom stereocenters. The van der Waals surface area contributed by atoms with E-state index in [4.69, 9.17) is 4.74 Å². The van der Waals surface area contributed by atoms with E-state index in [-0.39, 0.29) is 5.97 Å². The number of H-pyrrole nitrogens is 1. The van der Waals surface area contributed by atoms with Crippen LogP contribution in [-0.4, -0.2) is 18.1 Å². The van der Waals surface area contributed by atoms with Crippen LogP contribution in [0.4, 0.5) is 0 Å². The number of methoxy groups -OCH3 is 1. The van der Waals surface area contributed by atoms with Crippen LogP contribution in [0.1, 0.15) is 67.8 Å². The van der Waals surface area contributed by atoms with Gasteiger partial charge in [-0.15, -0.1) is 0 Å². The number of halogens is 1. The molecule has 4 heteroatoms. The third-order valence-electron chi connectivity index (χ3n) is 4.27. The Hall–Kier alpha value is -1.29. The Kier molecular flexibility index (Phi) is 6.07. The van der Waals surface area contributed by atoms with Crippen LogP contribution in [0.15, 0.2) is 22.8 Å². The fraction of sp³-hybridized carbons (Fsp3) is 0.500. The van der Waals surface area contributed by atoms with E-state index in [0.29, 0.717) is 11.5 Å². The molecule has 0 aliphatic rings. The lowest BCUT2D eigenvalue weighted by atomic mass is 9.90. The minimum absolute atomic E-state index is 0.302. The second-order valence-electron chi connectivity index (χ2n) is 5.71. The molecular weight excluding hydrogens is 342 g/mol. The van der Waals surface area contributed by atoms with Gasteiger partial charge in [0.15, 0.2) is 0 Å². The van der Waals surface area contributed by atoms with Gasteiger partial charge in [0.1, 0.15) is 0 Å². The lowest BCUT2D eigenvalue weighted by molar-refractivity contribution is 0.0601. The highest BCUT2D eigenvalue weighted by Crippen LogP contribution is 2.37. The van der Waals surface area contributed by atoms with E-state index < -0.39 is 0 Å². The Morgan fingerprint density at radius 1 is 1.32 bits per heavy atom. The summed E-state index contributed by atoms with van der Waals surface area (Å²) in [4.78, 5) is 15.0. The van der Waals surface area contributed by atoms with Crippen LogP contribution in [-0.2, 0) is 4.74 Å². The summed E-state index contributed by atoms with van der Waals surface area (Å²) in [5.41, 5.74) is 2.90. The largest absolute Gasteiger partial charge is 0.465 e. The van der Waals surface area contributed by atoms with Crippen molar-refractivity contribution in [3.05, 3.63) is 33.9 Å². The molecule has 22 heavy (non-hydrogen) atoms. The molecule has 120 valence electrons. The van der Waals surface area contributed by atoms with E-state index in [9.17, 15) is 4.79 Å². The fourth-order valence-electron chi connectivity index (χ4n) is 3.02. The number of unbranched alkanes of at least 4 members (excludes halogenated alkanes) is 2. The molecule has 0 amide bonds. The minimum atomic E-state index is -0.302. The Labute approximate surface area is 140 Å². The molecule has 0 aliphatic carbocycles. The molecule has 1 aromatic carbocycles. The number of fused-ring (bicyclic) bond motifs is 1. The summed E-state index contributed by atoms with van der Waals surface area (Å²) in [7, 11) is 1.41. The Morgan fingerprint density at radius 2 is 2.09 bits per heavy atom. The first-order chi connectivity index (χ1) is 10.6. The smallest absolute Gasteiger partial charge is 0.337 e. The average molecular weight is 366 g/mol. The van der Waals surface area contributed by atoms with Crippen LogP contribution in [0.3, 0.4) is 0 Å². The van der Waals surface area contributed by atoms with Crippen molar-refractivity contribution in [3.8, 4) is 0 Å². The molecule has 2 rings (SSSR count). The number of carbonyl (C=O) groups is 1.